The molecule has 0 aliphatic rings. The summed E-state index contributed by atoms with van der Waals surface area (Å²) in [5.41, 5.74) is 2.27. The topological polar surface area (TPSA) is 44.8 Å². The molecular formula is C16H16O4. The smallest absolute Gasteiger partial charge is 0.337 e. The third-order valence-electron chi connectivity index (χ3n) is 3.02. The quantitative estimate of drug-likeness (QED) is 0.802. The molecule has 0 saturated heterocycles. The SMILES string of the molecule is COC(=O)c1ccc(-c2c(OC)cccc2OC)cc1. The molecule has 2 aromatic carbocycles. The molecule has 0 spiro atoms. The zero-order chi connectivity index (χ0) is 14.5. The molecule has 0 saturated carbocycles. The lowest BCUT2D eigenvalue weighted by Gasteiger charge is -2.13. The maximum Gasteiger partial charge on any atom is 0.337 e. The van der Waals surface area contributed by atoms with E-state index in [1.54, 1.807) is 26.4 Å². The predicted molar refractivity (Wildman–Crippen MR) is 76.3 cm³/mol. The maximum atomic E-state index is 11.4. The number of esters is 1. The van der Waals surface area contributed by atoms with Crippen molar-refractivity contribution in [2.45, 2.75) is 0 Å². The van der Waals surface area contributed by atoms with Gasteiger partial charge in [-0.15, -0.1) is 0 Å². The standard InChI is InChI=1S/C16H16O4/c1-18-13-5-4-6-14(19-2)15(13)11-7-9-12(10-8-11)16(17)20-3/h4-10H,1-3H3. The molecule has 2 rings (SSSR count). The predicted octanol–water partition coefficient (Wildman–Crippen LogP) is 3.16. The van der Waals surface area contributed by atoms with Gasteiger partial charge in [-0.1, -0.05) is 18.2 Å². The second kappa shape index (κ2) is 6.10. The van der Waals surface area contributed by atoms with E-state index in [1.165, 1.54) is 7.11 Å². The lowest BCUT2D eigenvalue weighted by Crippen LogP contribution is -2.00. The Hall–Kier alpha value is -2.49. The van der Waals surface area contributed by atoms with Crippen LogP contribution in [-0.4, -0.2) is 27.3 Å². The summed E-state index contributed by atoms with van der Waals surface area (Å²) in [6.07, 6.45) is 0. The van der Waals surface area contributed by atoms with E-state index in [2.05, 4.69) is 4.74 Å². The van der Waals surface area contributed by atoms with Crippen molar-refractivity contribution >= 4 is 5.97 Å². The molecule has 4 heteroatoms. The Morgan fingerprint density at radius 2 is 1.40 bits per heavy atom. The highest BCUT2D eigenvalue weighted by Gasteiger charge is 2.13. The summed E-state index contributed by atoms with van der Waals surface area (Å²) < 4.78 is 15.4. The maximum absolute atomic E-state index is 11.4. The molecule has 0 atom stereocenters. The molecule has 0 radical (unpaired) electrons. The lowest BCUT2D eigenvalue weighted by atomic mass is 10.0. The first-order chi connectivity index (χ1) is 9.71. The van der Waals surface area contributed by atoms with Crippen LogP contribution < -0.4 is 9.47 Å². The van der Waals surface area contributed by atoms with Crippen LogP contribution in [0.4, 0.5) is 0 Å². The number of rotatable bonds is 4. The second-order valence-corrected chi connectivity index (χ2v) is 4.11. The van der Waals surface area contributed by atoms with Crippen LogP contribution in [0.15, 0.2) is 42.5 Å². The molecule has 0 bridgehead atoms. The Morgan fingerprint density at radius 3 is 1.85 bits per heavy atom. The van der Waals surface area contributed by atoms with Crippen LogP contribution in [0.3, 0.4) is 0 Å². The van der Waals surface area contributed by atoms with Crippen LogP contribution >= 0.6 is 0 Å². The van der Waals surface area contributed by atoms with Crippen molar-refractivity contribution in [1.29, 1.82) is 0 Å². The first-order valence-corrected chi connectivity index (χ1v) is 6.11. The molecule has 0 heterocycles. The van der Waals surface area contributed by atoms with Crippen LogP contribution in [0.25, 0.3) is 11.1 Å². The van der Waals surface area contributed by atoms with E-state index < -0.39 is 0 Å². The van der Waals surface area contributed by atoms with Crippen molar-refractivity contribution in [1.82, 2.24) is 0 Å². The molecule has 0 aliphatic carbocycles. The fourth-order valence-corrected chi connectivity index (χ4v) is 2.03. The van der Waals surface area contributed by atoms with Crippen LogP contribution in [0, 0.1) is 0 Å². The molecule has 2 aromatic rings. The molecule has 20 heavy (non-hydrogen) atoms. The average molecular weight is 272 g/mol. The zero-order valence-electron chi connectivity index (χ0n) is 11.7. The summed E-state index contributed by atoms with van der Waals surface area (Å²) in [5.74, 6) is 1.08. The summed E-state index contributed by atoms with van der Waals surface area (Å²) in [5, 5.41) is 0. The second-order valence-electron chi connectivity index (χ2n) is 4.11. The van der Waals surface area contributed by atoms with E-state index in [0.717, 1.165) is 22.6 Å². The summed E-state index contributed by atoms with van der Waals surface area (Å²) >= 11 is 0. The molecule has 104 valence electrons. The van der Waals surface area contributed by atoms with Crippen LogP contribution in [0.5, 0.6) is 11.5 Å². The Bertz CT molecular complexity index is 580. The Balaban J connectivity index is 2.48. The Kier molecular flexibility index (Phi) is 4.25. The highest BCUT2D eigenvalue weighted by Crippen LogP contribution is 2.38. The fourth-order valence-electron chi connectivity index (χ4n) is 2.03. The minimum absolute atomic E-state index is 0.358. The first-order valence-electron chi connectivity index (χ1n) is 6.11. The minimum Gasteiger partial charge on any atom is -0.496 e. The molecule has 0 unspecified atom stereocenters. The van der Waals surface area contributed by atoms with Crippen LogP contribution in [0.1, 0.15) is 10.4 Å². The molecule has 0 aromatic heterocycles. The van der Waals surface area contributed by atoms with Gasteiger partial charge >= 0.3 is 5.97 Å². The molecule has 0 fully saturated rings. The van der Waals surface area contributed by atoms with E-state index in [-0.39, 0.29) is 5.97 Å². The lowest BCUT2D eigenvalue weighted by molar-refractivity contribution is 0.0601. The number of ether oxygens (including phenoxy) is 3. The highest BCUT2D eigenvalue weighted by molar-refractivity contribution is 5.90. The van der Waals surface area contributed by atoms with Gasteiger partial charge in [0.05, 0.1) is 32.5 Å². The van der Waals surface area contributed by atoms with Crippen molar-refractivity contribution in [3.8, 4) is 22.6 Å². The van der Waals surface area contributed by atoms with Gasteiger partial charge in [-0.25, -0.2) is 4.79 Å². The molecule has 4 nitrogen and oxygen atoms in total. The summed E-state index contributed by atoms with van der Waals surface area (Å²) in [6.45, 7) is 0. The Morgan fingerprint density at radius 1 is 0.850 bits per heavy atom. The molecule has 0 amide bonds. The first kappa shape index (κ1) is 13.9. The zero-order valence-corrected chi connectivity index (χ0v) is 11.7. The van der Waals surface area contributed by atoms with Crippen molar-refractivity contribution < 1.29 is 19.0 Å². The minimum atomic E-state index is -0.358. The van der Waals surface area contributed by atoms with Crippen molar-refractivity contribution in [2.75, 3.05) is 21.3 Å². The van der Waals surface area contributed by atoms with Gasteiger partial charge in [0.2, 0.25) is 0 Å². The fraction of sp³-hybridized carbons (Fsp3) is 0.188. The highest BCUT2D eigenvalue weighted by atomic mass is 16.5. The normalized spacial score (nSPS) is 9.95. The van der Waals surface area contributed by atoms with Gasteiger partial charge in [0.1, 0.15) is 11.5 Å². The van der Waals surface area contributed by atoms with Gasteiger partial charge < -0.3 is 14.2 Å². The summed E-state index contributed by atoms with van der Waals surface area (Å²) in [6, 6.07) is 12.7. The molecule has 0 N–H and O–H groups in total. The van der Waals surface area contributed by atoms with Gasteiger partial charge in [-0.3, -0.25) is 0 Å². The number of methoxy groups -OCH3 is 3. The molecular weight excluding hydrogens is 256 g/mol. The van der Waals surface area contributed by atoms with Crippen LogP contribution in [-0.2, 0) is 4.74 Å². The van der Waals surface area contributed by atoms with Gasteiger partial charge in [-0.2, -0.15) is 0 Å². The number of hydrogen-bond donors (Lipinski definition) is 0. The van der Waals surface area contributed by atoms with Crippen molar-refractivity contribution in [3.63, 3.8) is 0 Å². The monoisotopic (exact) mass is 272 g/mol. The number of carbonyl (C=O) groups is 1. The number of carbonyl (C=O) groups excluding carboxylic acids is 1. The van der Waals surface area contributed by atoms with E-state index in [0.29, 0.717) is 5.56 Å². The van der Waals surface area contributed by atoms with Gasteiger partial charge in [-0.05, 0) is 29.8 Å². The van der Waals surface area contributed by atoms with E-state index in [4.69, 9.17) is 9.47 Å². The summed E-state index contributed by atoms with van der Waals surface area (Å²) in [4.78, 5) is 11.4. The van der Waals surface area contributed by atoms with Crippen molar-refractivity contribution in [2.24, 2.45) is 0 Å². The third kappa shape index (κ3) is 2.59. The Labute approximate surface area is 117 Å². The third-order valence-corrected chi connectivity index (χ3v) is 3.02. The summed E-state index contributed by atoms with van der Waals surface area (Å²) in [7, 11) is 4.58. The van der Waals surface area contributed by atoms with E-state index >= 15 is 0 Å². The number of hydrogen-bond acceptors (Lipinski definition) is 4. The van der Waals surface area contributed by atoms with E-state index in [1.807, 2.05) is 30.3 Å². The van der Waals surface area contributed by atoms with Gasteiger partial charge in [0.25, 0.3) is 0 Å². The van der Waals surface area contributed by atoms with E-state index in [9.17, 15) is 4.79 Å². The van der Waals surface area contributed by atoms with Gasteiger partial charge in [0.15, 0.2) is 0 Å². The van der Waals surface area contributed by atoms with Gasteiger partial charge in [0, 0.05) is 0 Å². The number of benzene rings is 2. The average Bonchev–Trinajstić information content (AvgIpc) is 2.53. The van der Waals surface area contributed by atoms with Crippen molar-refractivity contribution in [3.05, 3.63) is 48.0 Å². The largest absolute Gasteiger partial charge is 0.496 e. The van der Waals surface area contributed by atoms with Crippen LogP contribution in [0.2, 0.25) is 0 Å². The molecule has 0 aliphatic heterocycles.